The SMILES string of the molecule is CC[N@+]1([C@H]2CCCCN2C)C=C(C(=O)O)c2ccccc21. The lowest BCUT2D eigenvalue weighted by Gasteiger charge is -2.45. The number of hydrogen-bond donors (Lipinski definition) is 1. The van der Waals surface area contributed by atoms with Gasteiger partial charge in [-0.2, -0.15) is 0 Å². The first kappa shape index (κ1) is 14.3. The Labute approximate surface area is 125 Å². The van der Waals surface area contributed by atoms with Gasteiger partial charge in [0, 0.05) is 19.0 Å². The zero-order valence-corrected chi connectivity index (χ0v) is 12.7. The van der Waals surface area contributed by atoms with Crippen LogP contribution in [0.3, 0.4) is 0 Å². The fourth-order valence-electron chi connectivity index (χ4n) is 3.96. The van der Waals surface area contributed by atoms with Crippen molar-refractivity contribution in [2.45, 2.75) is 32.4 Å². The van der Waals surface area contributed by atoms with Gasteiger partial charge in [-0.1, -0.05) is 12.1 Å². The molecule has 0 aliphatic carbocycles. The Morgan fingerprint density at radius 2 is 2.14 bits per heavy atom. The molecule has 1 N–H and O–H groups in total. The van der Waals surface area contributed by atoms with Gasteiger partial charge in [0.2, 0.25) is 0 Å². The number of aliphatic carboxylic acids is 1. The molecule has 1 fully saturated rings. The molecular formula is C17H23N2O2+. The van der Waals surface area contributed by atoms with Crippen LogP contribution in [0.5, 0.6) is 0 Å². The van der Waals surface area contributed by atoms with E-state index >= 15 is 0 Å². The van der Waals surface area contributed by atoms with E-state index in [0.717, 1.165) is 30.8 Å². The highest BCUT2D eigenvalue weighted by atomic mass is 16.4. The van der Waals surface area contributed by atoms with Crippen LogP contribution in [0.1, 0.15) is 31.7 Å². The molecule has 0 aromatic heterocycles. The average Bonchev–Trinajstić information content (AvgIpc) is 2.84. The topological polar surface area (TPSA) is 40.5 Å². The van der Waals surface area contributed by atoms with E-state index in [1.165, 1.54) is 12.8 Å². The first-order chi connectivity index (χ1) is 10.1. The summed E-state index contributed by atoms with van der Waals surface area (Å²) in [6, 6.07) is 7.97. The number of piperidine rings is 1. The Balaban J connectivity index is 2.15. The number of carbonyl (C=O) groups is 1. The van der Waals surface area contributed by atoms with E-state index in [2.05, 4.69) is 24.9 Å². The number of likely N-dealkylation sites (tertiary alicyclic amines) is 1. The summed E-state index contributed by atoms with van der Waals surface area (Å²) >= 11 is 0. The quantitative estimate of drug-likeness (QED) is 0.869. The number of carboxylic acids is 1. The molecule has 1 aromatic rings. The van der Waals surface area contributed by atoms with Crippen LogP contribution in [0, 0.1) is 0 Å². The summed E-state index contributed by atoms with van der Waals surface area (Å²) in [7, 11) is 2.16. The van der Waals surface area contributed by atoms with Gasteiger partial charge in [-0.15, -0.1) is 0 Å². The maximum absolute atomic E-state index is 11.6. The van der Waals surface area contributed by atoms with Crippen molar-refractivity contribution < 1.29 is 9.90 Å². The predicted molar refractivity (Wildman–Crippen MR) is 84.7 cm³/mol. The van der Waals surface area contributed by atoms with E-state index in [1.54, 1.807) is 0 Å². The van der Waals surface area contributed by atoms with E-state index in [1.807, 2.05) is 24.4 Å². The molecule has 0 unspecified atom stereocenters. The van der Waals surface area contributed by atoms with Crippen molar-refractivity contribution in [1.29, 1.82) is 0 Å². The standard InChI is InChI=1S/C17H22N2O2/c1-3-19(16-10-6-7-11-18(16)2)12-14(17(20)21)13-8-4-5-9-15(13)19/h4-5,8-9,12,16H,3,6-7,10-11H2,1-2H3/p+1/t16-,19-/m0/s1. The van der Waals surface area contributed by atoms with Crippen molar-refractivity contribution in [2.75, 3.05) is 20.1 Å². The maximum atomic E-state index is 11.6. The van der Waals surface area contributed by atoms with Crippen molar-refractivity contribution in [1.82, 2.24) is 9.38 Å². The first-order valence-corrected chi connectivity index (χ1v) is 7.74. The van der Waals surface area contributed by atoms with Crippen LogP contribution >= 0.6 is 0 Å². The monoisotopic (exact) mass is 287 g/mol. The largest absolute Gasteiger partial charge is 0.477 e. The lowest BCUT2D eigenvalue weighted by atomic mass is 10.0. The van der Waals surface area contributed by atoms with Crippen LogP contribution in [-0.2, 0) is 4.79 Å². The van der Waals surface area contributed by atoms with Crippen LogP contribution in [0.4, 0.5) is 5.69 Å². The molecule has 4 nitrogen and oxygen atoms in total. The molecule has 2 heterocycles. The molecule has 1 aromatic carbocycles. The minimum Gasteiger partial charge on any atom is -0.477 e. The molecule has 0 saturated carbocycles. The van der Waals surface area contributed by atoms with Gasteiger partial charge in [-0.3, -0.25) is 4.90 Å². The molecule has 4 heteroatoms. The van der Waals surface area contributed by atoms with Gasteiger partial charge in [0.25, 0.3) is 0 Å². The predicted octanol–water partition coefficient (Wildman–Crippen LogP) is 2.89. The van der Waals surface area contributed by atoms with Crippen molar-refractivity contribution >= 4 is 17.2 Å². The highest BCUT2D eigenvalue weighted by molar-refractivity contribution is 6.19. The summed E-state index contributed by atoms with van der Waals surface area (Å²) in [5.74, 6) is -0.825. The molecule has 2 atom stereocenters. The van der Waals surface area contributed by atoms with Gasteiger partial charge >= 0.3 is 5.97 Å². The van der Waals surface area contributed by atoms with E-state index in [0.29, 0.717) is 16.2 Å². The van der Waals surface area contributed by atoms with Gasteiger partial charge < -0.3 is 5.11 Å². The first-order valence-electron chi connectivity index (χ1n) is 7.74. The number of benzene rings is 1. The molecule has 2 aliphatic heterocycles. The smallest absolute Gasteiger partial charge is 0.341 e. The summed E-state index contributed by atoms with van der Waals surface area (Å²) in [6.45, 7) is 4.12. The second-order valence-corrected chi connectivity index (χ2v) is 6.07. The van der Waals surface area contributed by atoms with Crippen LogP contribution < -0.4 is 4.48 Å². The fraction of sp³-hybridized carbons (Fsp3) is 0.471. The molecule has 0 bridgehead atoms. The van der Waals surface area contributed by atoms with E-state index < -0.39 is 5.97 Å². The Kier molecular flexibility index (Phi) is 3.59. The molecule has 0 radical (unpaired) electrons. The summed E-state index contributed by atoms with van der Waals surface area (Å²) in [6.07, 6.45) is 5.87. The molecule has 112 valence electrons. The van der Waals surface area contributed by atoms with Gasteiger partial charge in [-0.05, 0) is 32.9 Å². The number of carboxylic acid groups (broad SMARTS) is 1. The second kappa shape index (κ2) is 5.28. The summed E-state index contributed by atoms with van der Waals surface area (Å²) < 4.78 is 0.647. The number of para-hydroxylation sites is 1. The number of nitrogens with zero attached hydrogens (tertiary/aromatic N) is 2. The normalized spacial score (nSPS) is 29.0. The van der Waals surface area contributed by atoms with Gasteiger partial charge in [0.1, 0.15) is 17.5 Å². The van der Waals surface area contributed by atoms with Crippen LogP contribution in [-0.4, -0.2) is 42.3 Å². The lowest BCUT2D eigenvalue weighted by Crippen LogP contribution is -2.60. The minimum absolute atomic E-state index is 0.335. The number of quaternary nitrogens is 1. The second-order valence-electron chi connectivity index (χ2n) is 6.07. The third-order valence-corrected chi connectivity index (χ3v) is 5.02. The third-order valence-electron chi connectivity index (χ3n) is 5.02. The third kappa shape index (κ3) is 2.10. The van der Waals surface area contributed by atoms with Crippen LogP contribution in [0.25, 0.3) is 5.57 Å². The summed E-state index contributed by atoms with van der Waals surface area (Å²) in [4.78, 5) is 14.0. The summed E-state index contributed by atoms with van der Waals surface area (Å²) in [5, 5.41) is 9.56. The van der Waals surface area contributed by atoms with Gasteiger partial charge in [-0.25, -0.2) is 9.28 Å². The lowest BCUT2D eigenvalue weighted by molar-refractivity contribution is -0.130. The Morgan fingerprint density at radius 1 is 1.38 bits per heavy atom. The van der Waals surface area contributed by atoms with Gasteiger partial charge in [0.15, 0.2) is 6.17 Å². The zero-order valence-electron chi connectivity index (χ0n) is 12.7. The number of fused-ring (bicyclic) bond motifs is 1. The molecule has 1 saturated heterocycles. The van der Waals surface area contributed by atoms with E-state index in [9.17, 15) is 9.90 Å². The molecule has 0 amide bonds. The van der Waals surface area contributed by atoms with Crippen molar-refractivity contribution in [3.05, 3.63) is 36.0 Å². The van der Waals surface area contributed by atoms with Crippen molar-refractivity contribution in [3.63, 3.8) is 0 Å². The molecule has 0 spiro atoms. The Bertz CT molecular complexity index is 596. The minimum atomic E-state index is -0.825. The fourth-order valence-corrected chi connectivity index (χ4v) is 3.96. The summed E-state index contributed by atoms with van der Waals surface area (Å²) in [5.41, 5.74) is 2.47. The highest BCUT2D eigenvalue weighted by Gasteiger charge is 2.47. The van der Waals surface area contributed by atoms with Crippen LogP contribution in [0.15, 0.2) is 30.5 Å². The molecule has 2 aliphatic rings. The van der Waals surface area contributed by atoms with E-state index in [4.69, 9.17) is 0 Å². The molecule has 21 heavy (non-hydrogen) atoms. The number of rotatable bonds is 3. The average molecular weight is 287 g/mol. The zero-order chi connectivity index (χ0) is 15.0. The van der Waals surface area contributed by atoms with Crippen LogP contribution in [0.2, 0.25) is 0 Å². The Morgan fingerprint density at radius 3 is 2.81 bits per heavy atom. The molecule has 3 rings (SSSR count). The van der Waals surface area contributed by atoms with E-state index in [-0.39, 0.29) is 0 Å². The molecular weight excluding hydrogens is 264 g/mol. The van der Waals surface area contributed by atoms with Gasteiger partial charge in [0.05, 0.1) is 12.1 Å². The van der Waals surface area contributed by atoms with Crippen molar-refractivity contribution in [3.8, 4) is 0 Å². The van der Waals surface area contributed by atoms with Crippen molar-refractivity contribution in [2.24, 2.45) is 0 Å². The maximum Gasteiger partial charge on any atom is 0.341 e. The number of hydrogen-bond acceptors (Lipinski definition) is 2. The Hall–Kier alpha value is -1.65. The highest BCUT2D eigenvalue weighted by Crippen LogP contribution is 2.44.